The Hall–Kier alpha value is -2.62. The van der Waals surface area contributed by atoms with Gasteiger partial charge in [-0.3, -0.25) is 0 Å². The lowest BCUT2D eigenvalue weighted by Gasteiger charge is -2.06. The summed E-state index contributed by atoms with van der Waals surface area (Å²) in [7, 11) is 1.59. The van der Waals surface area contributed by atoms with E-state index in [-0.39, 0.29) is 5.63 Å². The average molecular weight is 282 g/mol. The molecule has 0 aliphatic heterocycles. The minimum atomic E-state index is -0.347. The highest BCUT2D eigenvalue weighted by Gasteiger charge is 2.12. The fourth-order valence-corrected chi connectivity index (χ4v) is 2.39. The Bertz CT molecular complexity index is 852. The standard InChI is InChI=1S/C17H16NO3/c1-12-5-3-4-8-18(12)11-13-9-17(19)21-16-10-14(20-2)6-7-15(13)16/h3-10H,11H2,1-2H3/q+1. The highest BCUT2D eigenvalue weighted by molar-refractivity contribution is 5.81. The molecule has 0 N–H and O–H groups in total. The van der Waals surface area contributed by atoms with Crippen molar-refractivity contribution in [2.45, 2.75) is 13.5 Å². The van der Waals surface area contributed by atoms with Crippen LogP contribution >= 0.6 is 0 Å². The minimum Gasteiger partial charge on any atom is -0.497 e. The first-order valence-corrected chi connectivity index (χ1v) is 6.73. The molecule has 0 aliphatic rings. The second-order valence-corrected chi connectivity index (χ2v) is 4.92. The Morgan fingerprint density at radius 2 is 2.05 bits per heavy atom. The van der Waals surface area contributed by atoms with Gasteiger partial charge in [0, 0.05) is 42.1 Å². The quantitative estimate of drug-likeness (QED) is 0.547. The molecular formula is C17H16NO3+. The molecule has 4 nitrogen and oxygen atoms in total. The molecule has 0 atom stereocenters. The molecule has 3 rings (SSSR count). The predicted molar refractivity (Wildman–Crippen MR) is 79.5 cm³/mol. The summed E-state index contributed by atoms with van der Waals surface area (Å²) in [5.74, 6) is 0.673. The van der Waals surface area contributed by atoms with E-state index in [1.807, 2.05) is 43.5 Å². The van der Waals surface area contributed by atoms with Crippen LogP contribution in [-0.2, 0) is 6.54 Å². The van der Waals surface area contributed by atoms with E-state index < -0.39 is 0 Å². The van der Waals surface area contributed by atoms with Gasteiger partial charge >= 0.3 is 5.63 Å². The lowest BCUT2D eigenvalue weighted by atomic mass is 10.1. The van der Waals surface area contributed by atoms with E-state index in [0.29, 0.717) is 17.9 Å². The van der Waals surface area contributed by atoms with Crippen LogP contribution in [0.25, 0.3) is 11.0 Å². The number of rotatable bonds is 3. The van der Waals surface area contributed by atoms with Crippen molar-refractivity contribution < 1.29 is 13.7 Å². The normalized spacial score (nSPS) is 10.8. The van der Waals surface area contributed by atoms with E-state index in [9.17, 15) is 4.79 Å². The zero-order valence-electron chi connectivity index (χ0n) is 12.0. The van der Waals surface area contributed by atoms with Gasteiger partial charge in [-0.05, 0) is 12.1 Å². The number of benzene rings is 1. The molecule has 0 bridgehead atoms. The highest BCUT2D eigenvalue weighted by atomic mass is 16.5. The SMILES string of the molecule is COc1ccc2c(C[n+]3ccccc3C)cc(=O)oc2c1. The summed E-state index contributed by atoms with van der Waals surface area (Å²) in [4.78, 5) is 11.8. The van der Waals surface area contributed by atoms with Gasteiger partial charge in [-0.25, -0.2) is 4.79 Å². The molecule has 0 saturated heterocycles. The maximum absolute atomic E-state index is 11.8. The van der Waals surface area contributed by atoms with Crippen LogP contribution in [-0.4, -0.2) is 7.11 Å². The van der Waals surface area contributed by atoms with E-state index in [4.69, 9.17) is 9.15 Å². The van der Waals surface area contributed by atoms with Crippen LogP contribution in [0.1, 0.15) is 11.3 Å². The number of aromatic nitrogens is 1. The third kappa shape index (κ3) is 2.65. The summed E-state index contributed by atoms with van der Waals surface area (Å²) in [6.45, 7) is 2.66. The third-order valence-electron chi connectivity index (χ3n) is 3.55. The summed E-state index contributed by atoms with van der Waals surface area (Å²) in [5.41, 5.74) is 2.27. The highest BCUT2D eigenvalue weighted by Crippen LogP contribution is 2.22. The molecule has 2 heterocycles. The Morgan fingerprint density at radius 3 is 2.81 bits per heavy atom. The molecule has 0 fully saturated rings. The Morgan fingerprint density at radius 1 is 1.19 bits per heavy atom. The first-order chi connectivity index (χ1) is 10.2. The minimum absolute atomic E-state index is 0.347. The Labute approximate surface area is 122 Å². The second kappa shape index (κ2) is 5.40. The van der Waals surface area contributed by atoms with Crippen LogP contribution in [0.5, 0.6) is 5.75 Å². The van der Waals surface area contributed by atoms with Crippen molar-refractivity contribution in [3.63, 3.8) is 0 Å². The van der Waals surface area contributed by atoms with Gasteiger partial charge in [-0.1, -0.05) is 6.07 Å². The maximum atomic E-state index is 11.8. The lowest BCUT2D eigenvalue weighted by Crippen LogP contribution is -2.37. The fourth-order valence-electron chi connectivity index (χ4n) is 2.39. The molecule has 1 aromatic carbocycles. The van der Waals surface area contributed by atoms with Gasteiger partial charge < -0.3 is 9.15 Å². The van der Waals surface area contributed by atoms with Crippen molar-refractivity contribution in [1.82, 2.24) is 0 Å². The summed E-state index contributed by atoms with van der Waals surface area (Å²) in [6.07, 6.45) is 2.00. The van der Waals surface area contributed by atoms with Gasteiger partial charge in [0.1, 0.15) is 11.3 Å². The summed E-state index contributed by atoms with van der Waals surface area (Å²) >= 11 is 0. The number of nitrogens with zero attached hydrogens (tertiary/aromatic N) is 1. The zero-order chi connectivity index (χ0) is 14.8. The Balaban J connectivity index is 2.14. The van der Waals surface area contributed by atoms with Crippen LogP contribution < -0.4 is 14.9 Å². The second-order valence-electron chi connectivity index (χ2n) is 4.92. The lowest BCUT2D eigenvalue weighted by molar-refractivity contribution is -0.694. The summed E-state index contributed by atoms with van der Waals surface area (Å²) in [5, 5.41) is 0.922. The van der Waals surface area contributed by atoms with Crippen LogP contribution in [0.15, 0.2) is 57.9 Å². The van der Waals surface area contributed by atoms with Gasteiger partial charge in [0.05, 0.1) is 7.11 Å². The summed E-state index contributed by atoms with van der Waals surface area (Å²) < 4.78 is 12.5. The molecule has 2 aromatic heterocycles. The molecule has 0 unspecified atom stereocenters. The number of hydrogen-bond acceptors (Lipinski definition) is 3. The third-order valence-corrected chi connectivity index (χ3v) is 3.55. The van der Waals surface area contributed by atoms with Crippen LogP contribution in [0, 0.1) is 6.92 Å². The molecule has 3 aromatic rings. The zero-order valence-corrected chi connectivity index (χ0v) is 12.0. The van der Waals surface area contributed by atoms with E-state index in [2.05, 4.69) is 4.57 Å². The maximum Gasteiger partial charge on any atom is 0.336 e. The summed E-state index contributed by atoms with van der Waals surface area (Å²) in [6, 6.07) is 13.1. The van der Waals surface area contributed by atoms with E-state index >= 15 is 0 Å². The topological polar surface area (TPSA) is 43.3 Å². The molecule has 0 saturated carbocycles. The van der Waals surface area contributed by atoms with Gasteiger partial charge in [-0.15, -0.1) is 0 Å². The number of ether oxygens (including phenoxy) is 1. The molecule has 4 heteroatoms. The van der Waals surface area contributed by atoms with Crippen LogP contribution in [0.2, 0.25) is 0 Å². The monoisotopic (exact) mass is 282 g/mol. The van der Waals surface area contributed by atoms with E-state index in [1.54, 1.807) is 19.2 Å². The number of fused-ring (bicyclic) bond motifs is 1. The van der Waals surface area contributed by atoms with E-state index in [0.717, 1.165) is 16.6 Å². The molecule has 106 valence electrons. The Kier molecular flexibility index (Phi) is 3.44. The van der Waals surface area contributed by atoms with Crippen molar-refractivity contribution >= 4 is 11.0 Å². The molecule has 0 aliphatic carbocycles. The van der Waals surface area contributed by atoms with Crippen molar-refractivity contribution in [2.24, 2.45) is 0 Å². The number of hydrogen-bond donors (Lipinski definition) is 0. The number of pyridine rings is 1. The largest absolute Gasteiger partial charge is 0.497 e. The van der Waals surface area contributed by atoms with Crippen LogP contribution in [0.3, 0.4) is 0 Å². The molecular weight excluding hydrogens is 266 g/mol. The molecule has 0 amide bonds. The van der Waals surface area contributed by atoms with E-state index in [1.165, 1.54) is 0 Å². The predicted octanol–water partition coefficient (Wildman–Crippen LogP) is 2.45. The fraction of sp³-hybridized carbons (Fsp3) is 0.176. The van der Waals surface area contributed by atoms with Crippen molar-refractivity contribution in [1.29, 1.82) is 0 Å². The van der Waals surface area contributed by atoms with Gasteiger partial charge in [-0.2, -0.15) is 4.57 Å². The molecule has 0 radical (unpaired) electrons. The van der Waals surface area contributed by atoms with Crippen molar-refractivity contribution in [2.75, 3.05) is 7.11 Å². The average Bonchev–Trinajstić information content (AvgIpc) is 2.48. The van der Waals surface area contributed by atoms with Gasteiger partial charge in [0.2, 0.25) is 0 Å². The smallest absolute Gasteiger partial charge is 0.336 e. The van der Waals surface area contributed by atoms with Gasteiger partial charge in [0.25, 0.3) is 0 Å². The van der Waals surface area contributed by atoms with Crippen LogP contribution in [0.4, 0.5) is 0 Å². The number of methoxy groups -OCH3 is 1. The van der Waals surface area contributed by atoms with Crippen molar-refractivity contribution in [3.8, 4) is 5.75 Å². The first-order valence-electron chi connectivity index (χ1n) is 6.73. The number of aryl methyl sites for hydroxylation is 1. The van der Waals surface area contributed by atoms with Crippen molar-refractivity contribution in [3.05, 3.63) is 70.3 Å². The first kappa shape index (κ1) is 13.4. The van der Waals surface area contributed by atoms with Gasteiger partial charge in [0.15, 0.2) is 18.4 Å². The molecule has 21 heavy (non-hydrogen) atoms. The molecule has 0 spiro atoms.